The second-order valence-corrected chi connectivity index (χ2v) is 5.25. The summed E-state index contributed by atoms with van der Waals surface area (Å²) < 4.78 is 11.0. The number of nitrogens with zero attached hydrogens (tertiary/aromatic N) is 1. The fraction of sp³-hybridized carbons (Fsp3) is 0.562. The minimum Gasteiger partial charge on any atom is -0.491 e. The number of hydrogen-bond donors (Lipinski definition) is 2. The minimum absolute atomic E-state index is 0.237. The van der Waals surface area contributed by atoms with Crippen molar-refractivity contribution in [1.29, 1.82) is 5.26 Å². The van der Waals surface area contributed by atoms with Crippen molar-refractivity contribution in [3.63, 3.8) is 0 Å². The van der Waals surface area contributed by atoms with E-state index in [1.54, 1.807) is 24.3 Å². The topological polar surface area (TPSA) is 74.5 Å². The van der Waals surface area contributed by atoms with Crippen LogP contribution in [0.15, 0.2) is 24.3 Å². The predicted octanol–water partition coefficient (Wildman–Crippen LogP) is 1.46. The summed E-state index contributed by atoms with van der Waals surface area (Å²) in [7, 11) is 0. The van der Waals surface area contributed by atoms with Gasteiger partial charge in [0.2, 0.25) is 0 Å². The molecule has 0 aromatic heterocycles. The standard InChI is InChI=1S/C16H22N2O3/c1-2-20-16-7-13(8-16)18-10-14(19)11-21-15-5-3-12(9-17)4-6-15/h3-6,13-14,16,18-19H,2,7-8,10-11H2,1H3. The van der Waals surface area contributed by atoms with Crippen molar-refractivity contribution in [3.8, 4) is 11.8 Å². The van der Waals surface area contributed by atoms with Gasteiger partial charge in [0.1, 0.15) is 18.5 Å². The van der Waals surface area contributed by atoms with Crippen molar-refractivity contribution in [1.82, 2.24) is 5.32 Å². The fourth-order valence-corrected chi connectivity index (χ4v) is 2.28. The Morgan fingerprint density at radius 3 is 2.71 bits per heavy atom. The van der Waals surface area contributed by atoms with Gasteiger partial charge in [-0.05, 0) is 44.0 Å². The number of aliphatic hydroxyl groups excluding tert-OH is 1. The number of nitriles is 1. The summed E-state index contributed by atoms with van der Waals surface area (Å²) >= 11 is 0. The molecule has 1 saturated carbocycles. The number of hydrogen-bond acceptors (Lipinski definition) is 5. The van der Waals surface area contributed by atoms with Crippen LogP contribution in [0.2, 0.25) is 0 Å². The highest BCUT2D eigenvalue weighted by Gasteiger charge is 2.29. The molecule has 1 aromatic carbocycles. The Kier molecular flexibility index (Phi) is 6.00. The lowest BCUT2D eigenvalue weighted by atomic mass is 9.89. The smallest absolute Gasteiger partial charge is 0.119 e. The zero-order valence-electron chi connectivity index (χ0n) is 12.3. The molecule has 0 radical (unpaired) electrons. The first kappa shape index (κ1) is 15.8. The van der Waals surface area contributed by atoms with E-state index in [0.717, 1.165) is 19.4 Å². The maximum absolute atomic E-state index is 9.88. The Morgan fingerprint density at radius 2 is 2.10 bits per heavy atom. The Morgan fingerprint density at radius 1 is 1.38 bits per heavy atom. The molecule has 1 aromatic rings. The first-order valence-electron chi connectivity index (χ1n) is 7.37. The quantitative estimate of drug-likeness (QED) is 0.758. The van der Waals surface area contributed by atoms with E-state index in [4.69, 9.17) is 14.7 Å². The molecule has 5 heteroatoms. The van der Waals surface area contributed by atoms with Crippen LogP contribution in [-0.2, 0) is 4.74 Å². The van der Waals surface area contributed by atoms with Crippen molar-refractivity contribution in [2.24, 2.45) is 0 Å². The summed E-state index contributed by atoms with van der Waals surface area (Å²) in [6, 6.07) is 9.35. The normalized spacial score (nSPS) is 22.1. The van der Waals surface area contributed by atoms with Gasteiger partial charge < -0.3 is 19.9 Å². The summed E-state index contributed by atoms with van der Waals surface area (Å²) in [4.78, 5) is 0. The number of nitrogens with one attached hydrogen (secondary N) is 1. The molecule has 0 heterocycles. The zero-order chi connectivity index (χ0) is 15.1. The second-order valence-electron chi connectivity index (χ2n) is 5.25. The van der Waals surface area contributed by atoms with Crippen molar-refractivity contribution in [2.75, 3.05) is 19.8 Å². The van der Waals surface area contributed by atoms with Gasteiger partial charge in [-0.25, -0.2) is 0 Å². The number of aliphatic hydroxyl groups is 1. The Labute approximate surface area is 125 Å². The van der Waals surface area contributed by atoms with E-state index >= 15 is 0 Å². The maximum Gasteiger partial charge on any atom is 0.119 e. The van der Waals surface area contributed by atoms with E-state index < -0.39 is 6.10 Å². The zero-order valence-corrected chi connectivity index (χ0v) is 12.3. The second kappa shape index (κ2) is 7.99. The Bertz CT molecular complexity index is 463. The Balaban J connectivity index is 1.59. The molecule has 0 aliphatic heterocycles. The van der Waals surface area contributed by atoms with Gasteiger partial charge in [0.05, 0.1) is 17.7 Å². The van der Waals surface area contributed by atoms with Gasteiger partial charge in [-0.2, -0.15) is 5.26 Å². The van der Waals surface area contributed by atoms with Crippen LogP contribution in [0.25, 0.3) is 0 Å². The highest BCUT2D eigenvalue weighted by atomic mass is 16.5. The third-order valence-electron chi connectivity index (χ3n) is 3.57. The summed E-state index contributed by atoms with van der Waals surface area (Å²) in [6.45, 7) is 3.52. The van der Waals surface area contributed by atoms with Crippen LogP contribution in [0.4, 0.5) is 0 Å². The molecule has 0 amide bonds. The van der Waals surface area contributed by atoms with Crippen LogP contribution in [0.1, 0.15) is 25.3 Å². The molecular weight excluding hydrogens is 268 g/mol. The van der Waals surface area contributed by atoms with Crippen LogP contribution in [-0.4, -0.2) is 43.1 Å². The Hall–Kier alpha value is -1.61. The average Bonchev–Trinajstić information content (AvgIpc) is 2.47. The van der Waals surface area contributed by atoms with E-state index in [1.165, 1.54) is 0 Å². The van der Waals surface area contributed by atoms with Gasteiger partial charge >= 0.3 is 0 Å². The van der Waals surface area contributed by atoms with E-state index in [9.17, 15) is 5.11 Å². The maximum atomic E-state index is 9.88. The molecule has 1 aliphatic rings. The summed E-state index contributed by atoms with van der Waals surface area (Å²) in [6.07, 6.45) is 1.85. The van der Waals surface area contributed by atoms with Crippen molar-refractivity contribution >= 4 is 0 Å². The average molecular weight is 290 g/mol. The van der Waals surface area contributed by atoms with Crippen LogP contribution in [0.5, 0.6) is 5.75 Å². The highest BCUT2D eigenvalue weighted by molar-refractivity contribution is 5.34. The van der Waals surface area contributed by atoms with Gasteiger partial charge in [-0.1, -0.05) is 0 Å². The molecule has 0 spiro atoms. The van der Waals surface area contributed by atoms with E-state index in [-0.39, 0.29) is 6.61 Å². The van der Waals surface area contributed by atoms with Crippen molar-refractivity contribution in [3.05, 3.63) is 29.8 Å². The molecular formula is C16H22N2O3. The molecule has 0 bridgehead atoms. The molecule has 2 rings (SSSR count). The van der Waals surface area contributed by atoms with E-state index in [0.29, 0.717) is 30.0 Å². The molecule has 1 unspecified atom stereocenters. The number of rotatable bonds is 8. The van der Waals surface area contributed by atoms with Gasteiger partial charge in [0.25, 0.3) is 0 Å². The van der Waals surface area contributed by atoms with Crippen molar-refractivity contribution in [2.45, 2.75) is 38.0 Å². The van der Waals surface area contributed by atoms with Crippen LogP contribution >= 0.6 is 0 Å². The molecule has 21 heavy (non-hydrogen) atoms. The molecule has 5 nitrogen and oxygen atoms in total. The van der Waals surface area contributed by atoms with Crippen LogP contribution in [0.3, 0.4) is 0 Å². The number of benzene rings is 1. The highest BCUT2D eigenvalue weighted by Crippen LogP contribution is 2.23. The summed E-state index contributed by atoms with van der Waals surface area (Å²) in [5, 5.41) is 21.9. The summed E-state index contributed by atoms with van der Waals surface area (Å²) in [5.41, 5.74) is 0.596. The first-order chi connectivity index (χ1) is 10.2. The van der Waals surface area contributed by atoms with Crippen molar-refractivity contribution < 1.29 is 14.6 Å². The van der Waals surface area contributed by atoms with Crippen LogP contribution in [0, 0.1) is 11.3 Å². The molecule has 114 valence electrons. The predicted molar refractivity (Wildman–Crippen MR) is 79.1 cm³/mol. The van der Waals surface area contributed by atoms with E-state index in [2.05, 4.69) is 11.4 Å². The first-order valence-corrected chi connectivity index (χ1v) is 7.37. The largest absolute Gasteiger partial charge is 0.491 e. The number of ether oxygens (including phenoxy) is 2. The molecule has 1 aliphatic carbocycles. The molecule has 1 atom stereocenters. The van der Waals surface area contributed by atoms with Gasteiger partial charge in [0, 0.05) is 19.2 Å². The SMILES string of the molecule is CCOC1CC(NCC(O)COc2ccc(C#N)cc2)C1. The van der Waals surface area contributed by atoms with Crippen LogP contribution < -0.4 is 10.1 Å². The summed E-state index contributed by atoms with van der Waals surface area (Å²) in [5.74, 6) is 0.660. The monoisotopic (exact) mass is 290 g/mol. The fourth-order valence-electron chi connectivity index (χ4n) is 2.28. The third kappa shape index (κ3) is 5.01. The minimum atomic E-state index is -0.549. The molecule has 2 N–H and O–H groups in total. The van der Waals surface area contributed by atoms with Gasteiger partial charge in [-0.15, -0.1) is 0 Å². The lowest BCUT2D eigenvalue weighted by Crippen LogP contribution is -2.48. The lowest BCUT2D eigenvalue weighted by Gasteiger charge is -2.36. The third-order valence-corrected chi connectivity index (χ3v) is 3.57. The molecule has 0 saturated heterocycles. The molecule has 1 fully saturated rings. The van der Waals surface area contributed by atoms with Gasteiger partial charge in [0.15, 0.2) is 0 Å². The van der Waals surface area contributed by atoms with E-state index in [1.807, 2.05) is 6.92 Å². The van der Waals surface area contributed by atoms with Gasteiger partial charge in [-0.3, -0.25) is 0 Å². The lowest BCUT2D eigenvalue weighted by molar-refractivity contribution is -0.0134.